The van der Waals surface area contributed by atoms with E-state index in [1.165, 1.54) is 11.2 Å². The Bertz CT molecular complexity index is 933. The summed E-state index contributed by atoms with van der Waals surface area (Å²) in [4.78, 5) is 9.81. The fourth-order valence-corrected chi connectivity index (χ4v) is 3.11. The summed E-state index contributed by atoms with van der Waals surface area (Å²) < 4.78 is 39.4. The van der Waals surface area contributed by atoms with Gasteiger partial charge < -0.3 is 5.32 Å². The second-order valence-electron chi connectivity index (χ2n) is 6.10. The van der Waals surface area contributed by atoms with E-state index in [4.69, 9.17) is 0 Å². The summed E-state index contributed by atoms with van der Waals surface area (Å²) in [5.41, 5.74) is 3.29. The summed E-state index contributed by atoms with van der Waals surface area (Å²) in [7, 11) is 1.80. The summed E-state index contributed by atoms with van der Waals surface area (Å²) in [5, 5.41) is 8.15. The number of hydrogen-bond acceptors (Lipinski definition) is 5. The van der Waals surface area contributed by atoms with Crippen LogP contribution in [0.2, 0.25) is 0 Å². The van der Waals surface area contributed by atoms with E-state index in [0.717, 1.165) is 22.2 Å². The van der Waals surface area contributed by atoms with E-state index in [1.54, 1.807) is 17.9 Å². The first-order valence-corrected chi connectivity index (χ1v) is 7.70. The van der Waals surface area contributed by atoms with E-state index in [2.05, 4.69) is 20.4 Å². The lowest BCUT2D eigenvalue weighted by Crippen LogP contribution is -2.29. The second-order valence-corrected chi connectivity index (χ2v) is 6.10. The van der Waals surface area contributed by atoms with Crippen molar-refractivity contribution in [3.63, 3.8) is 0 Å². The number of aromatic nitrogens is 4. The van der Waals surface area contributed by atoms with Crippen LogP contribution >= 0.6 is 0 Å². The maximum atomic E-state index is 12.6. The molecule has 1 aliphatic heterocycles. The van der Waals surface area contributed by atoms with Gasteiger partial charge in [-0.15, -0.1) is 0 Å². The molecule has 0 bridgehead atoms. The third-order valence-electron chi connectivity index (χ3n) is 4.19. The first-order chi connectivity index (χ1) is 11.9. The molecule has 0 saturated carbocycles. The zero-order valence-corrected chi connectivity index (χ0v) is 13.4. The van der Waals surface area contributed by atoms with Crippen molar-refractivity contribution in [1.29, 1.82) is 0 Å². The van der Waals surface area contributed by atoms with Gasteiger partial charge in [0.2, 0.25) is 0 Å². The van der Waals surface area contributed by atoms with Crippen molar-refractivity contribution in [2.75, 3.05) is 11.9 Å². The number of benzene rings is 1. The number of fused-ring (bicyclic) bond motifs is 2. The molecular formula is C16H15F3N6. The Hall–Kier alpha value is -2.68. The van der Waals surface area contributed by atoms with Gasteiger partial charge in [-0.25, -0.2) is 9.97 Å². The highest BCUT2D eigenvalue weighted by Gasteiger charge is 2.33. The van der Waals surface area contributed by atoms with Gasteiger partial charge in [-0.3, -0.25) is 9.58 Å². The van der Waals surface area contributed by atoms with E-state index in [0.29, 0.717) is 18.0 Å². The summed E-state index contributed by atoms with van der Waals surface area (Å²) >= 11 is 0. The van der Waals surface area contributed by atoms with Crippen LogP contribution in [0, 0.1) is 0 Å². The number of rotatable bonds is 3. The molecule has 9 heteroatoms. The average Bonchev–Trinajstić information content (AvgIpc) is 3.09. The molecule has 1 N–H and O–H groups in total. The highest BCUT2D eigenvalue weighted by Crippen LogP contribution is 2.30. The summed E-state index contributed by atoms with van der Waals surface area (Å²) in [6.07, 6.45) is -1.06. The number of alkyl halides is 3. The van der Waals surface area contributed by atoms with Gasteiger partial charge >= 0.3 is 6.18 Å². The summed E-state index contributed by atoms with van der Waals surface area (Å²) in [5.74, 6) is 0.614. The molecule has 6 nitrogen and oxygen atoms in total. The van der Waals surface area contributed by atoms with Crippen molar-refractivity contribution in [1.82, 2.24) is 24.6 Å². The molecule has 0 fully saturated rings. The Labute approximate surface area is 141 Å². The highest BCUT2D eigenvalue weighted by atomic mass is 19.4. The summed E-state index contributed by atoms with van der Waals surface area (Å²) in [6, 6.07) is 5.58. The fraction of sp³-hybridized carbons (Fsp3) is 0.312. The molecule has 130 valence electrons. The molecule has 2 aromatic heterocycles. The van der Waals surface area contributed by atoms with Crippen LogP contribution in [0.5, 0.6) is 0 Å². The lowest BCUT2D eigenvalue weighted by atomic mass is 10.1. The Morgan fingerprint density at radius 3 is 2.76 bits per heavy atom. The van der Waals surface area contributed by atoms with Gasteiger partial charge in [-0.05, 0) is 23.3 Å². The van der Waals surface area contributed by atoms with Gasteiger partial charge in [-0.1, -0.05) is 6.07 Å². The van der Waals surface area contributed by atoms with E-state index in [-0.39, 0.29) is 6.54 Å². The predicted octanol–water partition coefficient (Wildman–Crippen LogP) is 2.98. The van der Waals surface area contributed by atoms with Gasteiger partial charge in [-0.2, -0.15) is 18.3 Å². The molecule has 0 aliphatic carbocycles. The Morgan fingerprint density at radius 2 is 1.96 bits per heavy atom. The Kier molecular flexibility index (Phi) is 3.60. The monoisotopic (exact) mass is 348 g/mol. The number of nitrogens with one attached hydrogen (secondary N) is 1. The molecule has 0 unspecified atom stereocenters. The van der Waals surface area contributed by atoms with Crippen molar-refractivity contribution < 1.29 is 13.2 Å². The standard InChI is InChI=1S/C16H15F3N6/c1-24-15-13(5-22-24)14(20-9-21-15)23-12-3-2-10-6-25(7-11(10)4-12)8-16(17,18)19/h2-5,9H,6-8H2,1H3,(H,20,21,23). The minimum atomic E-state index is -4.18. The second kappa shape index (κ2) is 5.69. The molecule has 25 heavy (non-hydrogen) atoms. The number of hydrogen-bond donors (Lipinski definition) is 1. The molecule has 0 atom stereocenters. The van der Waals surface area contributed by atoms with Crippen LogP contribution in [0.1, 0.15) is 11.1 Å². The van der Waals surface area contributed by atoms with Crippen LogP contribution < -0.4 is 5.32 Å². The van der Waals surface area contributed by atoms with Gasteiger partial charge in [0, 0.05) is 25.8 Å². The largest absolute Gasteiger partial charge is 0.401 e. The SMILES string of the molecule is Cn1ncc2c(Nc3ccc4c(c3)CN(CC(F)(F)F)C4)ncnc21. The van der Waals surface area contributed by atoms with Crippen molar-refractivity contribution in [2.24, 2.45) is 7.05 Å². The maximum Gasteiger partial charge on any atom is 0.401 e. The predicted molar refractivity (Wildman–Crippen MR) is 86.2 cm³/mol. The van der Waals surface area contributed by atoms with E-state index in [1.807, 2.05) is 18.2 Å². The molecule has 3 heterocycles. The van der Waals surface area contributed by atoms with Crippen LogP contribution in [0.15, 0.2) is 30.7 Å². The van der Waals surface area contributed by atoms with Crippen LogP contribution in [0.4, 0.5) is 24.7 Å². The van der Waals surface area contributed by atoms with Gasteiger partial charge in [0.1, 0.15) is 12.1 Å². The summed E-state index contributed by atoms with van der Waals surface area (Å²) in [6.45, 7) is -0.293. The number of aryl methyl sites for hydroxylation is 1. The quantitative estimate of drug-likeness (QED) is 0.789. The third-order valence-corrected chi connectivity index (χ3v) is 4.19. The molecule has 1 aromatic carbocycles. The molecule has 0 amide bonds. The zero-order chi connectivity index (χ0) is 17.6. The average molecular weight is 348 g/mol. The molecule has 0 spiro atoms. The van der Waals surface area contributed by atoms with E-state index >= 15 is 0 Å². The third kappa shape index (κ3) is 3.14. The zero-order valence-electron chi connectivity index (χ0n) is 13.4. The number of anilines is 2. The van der Waals surface area contributed by atoms with Crippen LogP contribution in [-0.2, 0) is 20.1 Å². The van der Waals surface area contributed by atoms with Crippen molar-refractivity contribution in [2.45, 2.75) is 19.3 Å². The lowest BCUT2D eigenvalue weighted by Gasteiger charge is -2.16. The van der Waals surface area contributed by atoms with Crippen molar-refractivity contribution in [3.05, 3.63) is 41.9 Å². The molecule has 0 radical (unpaired) electrons. The van der Waals surface area contributed by atoms with E-state index < -0.39 is 12.7 Å². The topological polar surface area (TPSA) is 58.9 Å². The number of halogens is 3. The van der Waals surface area contributed by atoms with E-state index in [9.17, 15) is 13.2 Å². The molecule has 0 saturated heterocycles. The van der Waals surface area contributed by atoms with Gasteiger partial charge in [0.25, 0.3) is 0 Å². The number of nitrogens with zero attached hydrogens (tertiary/aromatic N) is 5. The van der Waals surface area contributed by atoms with Crippen LogP contribution in [-0.4, -0.2) is 37.4 Å². The first kappa shape index (κ1) is 15.8. The molecular weight excluding hydrogens is 333 g/mol. The normalized spacial score (nSPS) is 14.9. The van der Waals surface area contributed by atoms with Gasteiger partial charge in [0.05, 0.1) is 18.1 Å². The van der Waals surface area contributed by atoms with Gasteiger partial charge in [0.15, 0.2) is 5.65 Å². The first-order valence-electron chi connectivity index (χ1n) is 7.70. The minimum absolute atomic E-state index is 0.288. The molecule has 3 aromatic rings. The smallest absolute Gasteiger partial charge is 0.340 e. The van der Waals surface area contributed by atoms with Crippen LogP contribution in [0.3, 0.4) is 0 Å². The van der Waals surface area contributed by atoms with Crippen LogP contribution in [0.25, 0.3) is 11.0 Å². The maximum absolute atomic E-state index is 12.6. The molecule has 4 rings (SSSR count). The highest BCUT2D eigenvalue weighted by molar-refractivity contribution is 5.88. The fourth-order valence-electron chi connectivity index (χ4n) is 3.11. The Morgan fingerprint density at radius 1 is 1.16 bits per heavy atom. The Balaban J connectivity index is 1.57. The molecule has 1 aliphatic rings. The lowest BCUT2D eigenvalue weighted by molar-refractivity contribution is -0.146. The van der Waals surface area contributed by atoms with Crippen molar-refractivity contribution in [3.8, 4) is 0 Å². The minimum Gasteiger partial charge on any atom is -0.340 e. The van der Waals surface area contributed by atoms with Crippen molar-refractivity contribution >= 4 is 22.5 Å².